The van der Waals surface area contributed by atoms with Gasteiger partial charge in [-0.15, -0.1) is 0 Å². The summed E-state index contributed by atoms with van der Waals surface area (Å²) in [6.07, 6.45) is 1.27. The van der Waals surface area contributed by atoms with Crippen LogP contribution in [0.2, 0.25) is 0 Å². The number of ketones is 1. The molecule has 0 aliphatic carbocycles. The zero-order valence-electron chi connectivity index (χ0n) is 10.9. The average Bonchev–Trinajstić information content (AvgIpc) is 2.35. The van der Waals surface area contributed by atoms with Crippen LogP contribution in [0, 0.1) is 5.92 Å². The Morgan fingerprint density at radius 2 is 1.94 bits per heavy atom. The number of hydrogen-bond donors (Lipinski definition) is 0. The van der Waals surface area contributed by atoms with Gasteiger partial charge in [-0.2, -0.15) is 0 Å². The van der Waals surface area contributed by atoms with Gasteiger partial charge in [-0.25, -0.2) is 0 Å². The number of carbonyl (C=O) groups excluding carboxylic acids is 1. The van der Waals surface area contributed by atoms with Gasteiger partial charge in [0.25, 0.3) is 0 Å². The zero-order chi connectivity index (χ0) is 12.8. The molecule has 17 heavy (non-hydrogen) atoms. The summed E-state index contributed by atoms with van der Waals surface area (Å²) in [7, 11) is 3.25. The van der Waals surface area contributed by atoms with Crippen LogP contribution in [0.1, 0.15) is 25.8 Å². The van der Waals surface area contributed by atoms with E-state index in [-0.39, 0.29) is 11.7 Å². The quantitative estimate of drug-likeness (QED) is 0.762. The van der Waals surface area contributed by atoms with Crippen LogP contribution in [0.15, 0.2) is 18.2 Å². The largest absolute Gasteiger partial charge is 0.497 e. The van der Waals surface area contributed by atoms with Crippen molar-refractivity contribution in [3.8, 4) is 11.5 Å². The average molecular weight is 236 g/mol. The lowest BCUT2D eigenvalue weighted by Crippen LogP contribution is -2.08. The molecule has 0 aromatic heterocycles. The minimum absolute atomic E-state index is 0.0965. The van der Waals surface area contributed by atoms with Gasteiger partial charge < -0.3 is 9.47 Å². The number of ether oxygens (including phenoxy) is 2. The van der Waals surface area contributed by atoms with Crippen molar-refractivity contribution in [2.45, 2.75) is 26.7 Å². The lowest BCUT2D eigenvalue weighted by Gasteiger charge is -2.10. The SMILES string of the molecule is COc1ccc(CCC(=O)C(C)C)c(OC)c1. The molecule has 0 amide bonds. The maximum atomic E-state index is 11.6. The number of hydrogen-bond acceptors (Lipinski definition) is 3. The zero-order valence-corrected chi connectivity index (χ0v) is 10.9. The molecule has 0 spiro atoms. The fourth-order valence-electron chi connectivity index (χ4n) is 1.60. The van der Waals surface area contributed by atoms with Crippen LogP contribution < -0.4 is 9.47 Å². The van der Waals surface area contributed by atoms with Crippen LogP contribution in [0.25, 0.3) is 0 Å². The predicted octanol–water partition coefficient (Wildman–Crippen LogP) is 2.86. The predicted molar refractivity (Wildman–Crippen MR) is 67.7 cm³/mol. The molecule has 0 bridgehead atoms. The third-order valence-corrected chi connectivity index (χ3v) is 2.78. The summed E-state index contributed by atoms with van der Waals surface area (Å²) in [5.74, 6) is 1.92. The Kier molecular flexibility index (Phi) is 5.01. The Morgan fingerprint density at radius 3 is 2.47 bits per heavy atom. The van der Waals surface area contributed by atoms with Gasteiger partial charge >= 0.3 is 0 Å². The summed E-state index contributed by atoms with van der Waals surface area (Å²) in [6, 6.07) is 5.68. The Hall–Kier alpha value is -1.51. The summed E-state index contributed by atoms with van der Waals surface area (Å²) < 4.78 is 10.4. The minimum Gasteiger partial charge on any atom is -0.497 e. The highest BCUT2D eigenvalue weighted by molar-refractivity contribution is 5.80. The number of Topliss-reactive ketones (excluding diaryl/α,β-unsaturated/α-hetero) is 1. The Morgan fingerprint density at radius 1 is 1.24 bits per heavy atom. The highest BCUT2D eigenvalue weighted by atomic mass is 16.5. The van der Waals surface area contributed by atoms with E-state index >= 15 is 0 Å². The summed E-state index contributed by atoms with van der Waals surface area (Å²) in [4.78, 5) is 11.6. The van der Waals surface area contributed by atoms with Crippen molar-refractivity contribution in [2.75, 3.05) is 14.2 Å². The molecule has 0 atom stereocenters. The topological polar surface area (TPSA) is 35.5 Å². The van der Waals surface area contributed by atoms with E-state index in [0.29, 0.717) is 12.8 Å². The number of methoxy groups -OCH3 is 2. The molecule has 0 N–H and O–H groups in total. The second-order valence-electron chi connectivity index (χ2n) is 4.30. The second-order valence-corrected chi connectivity index (χ2v) is 4.30. The highest BCUT2D eigenvalue weighted by Crippen LogP contribution is 2.25. The molecule has 0 aliphatic heterocycles. The van der Waals surface area contributed by atoms with Gasteiger partial charge in [0.2, 0.25) is 0 Å². The monoisotopic (exact) mass is 236 g/mol. The lowest BCUT2D eigenvalue weighted by molar-refractivity contribution is -0.121. The molecule has 0 heterocycles. The first-order valence-electron chi connectivity index (χ1n) is 5.82. The van der Waals surface area contributed by atoms with Gasteiger partial charge in [-0.3, -0.25) is 4.79 Å². The van der Waals surface area contributed by atoms with E-state index in [2.05, 4.69) is 0 Å². The first kappa shape index (κ1) is 13.6. The van der Waals surface area contributed by atoms with E-state index in [4.69, 9.17) is 9.47 Å². The van der Waals surface area contributed by atoms with Gasteiger partial charge in [-0.05, 0) is 18.1 Å². The van der Waals surface area contributed by atoms with Crippen molar-refractivity contribution in [3.63, 3.8) is 0 Å². The van der Waals surface area contributed by atoms with E-state index in [1.807, 2.05) is 32.0 Å². The van der Waals surface area contributed by atoms with E-state index in [1.54, 1.807) is 14.2 Å². The normalized spacial score (nSPS) is 10.4. The van der Waals surface area contributed by atoms with Gasteiger partial charge in [0.1, 0.15) is 17.3 Å². The van der Waals surface area contributed by atoms with Crippen LogP contribution >= 0.6 is 0 Å². The third kappa shape index (κ3) is 3.77. The Labute approximate surface area is 103 Å². The lowest BCUT2D eigenvalue weighted by atomic mass is 10.0. The third-order valence-electron chi connectivity index (χ3n) is 2.78. The van der Waals surface area contributed by atoms with Crippen LogP contribution in [0.5, 0.6) is 11.5 Å². The molecule has 0 fully saturated rings. The first-order valence-corrected chi connectivity index (χ1v) is 5.82. The molecule has 1 aromatic carbocycles. The van der Waals surface area contributed by atoms with Crippen molar-refractivity contribution >= 4 is 5.78 Å². The van der Waals surface area contributed by atoms with Crippen LogP contribution in [0.4, 0.5) is 0 Å². The minimum atomic E-state index is 0.0965. The molecule has 0 saturated heterocycles. The van der Waals surface area contributed by atoms with Crippen LogP contribution in [-0.2, 0) is 11.2 Å². The van der Waals surface area contributed by atoms with E-state index in [0.717, 1.165) is 17.1 Å². The van der Waals surface area contributed by atoms with Crippen molar-refractivity contribution < 1.29 is 14.3 Å². The highest BCUT2D eigenvalue weighted by Gasteiger charge is 2.10. The molecular formula is C14H20O3. The fraction of sp³-hybridized carbons (Fsp3) is 0.500. The molecule has 0 radical (unpaired) electrons. The van der Waals surface area contributed by atoms with Crippen LogP contribution in [-0.4, -0.2) is 20.0 Å². The van der Waals surface area contributed by atoms with Gasteiger partial charge in [0.05, 0.1) is 14.2 Å². The van der Waals surface area contributed by atoms with E-state index in [9.17, 15) is 4.79 Å². The van der Waals surface area contributed by atoms with Crippen molar-refractivity contribution in [3.05, 3.63) is 23.8 Å². The molecule has 3 nitrogen and oxygen atoms in total. The van der Waals surface area contributed by atoms with E-state index in [1.165, 1.54) is 0 Å². The van der Waals surface area contributed by atoms with Crippen molar-refractivity contribution in [1.29, 1.82) is 0 Å². The molecule has 94 valence electrons. The van der Waals surface area contributed by atoms with Crippen molar-refractivity contribution in [2.24, 2.45) is 5.92 Å². The number of benzene rings is 1. The molecule has 0 saturated carbocycles. The Balaban J connectivity index is 2.74. The Bertz CT molecular complexity index is 383. The molecule has 0 unspecified atom stereocenters. The van der Waals surface area contributed by atoms with E-state index < -0.39 is 0 Å². The maximum absolute atomic E-state index is 11.6. The second kappa shape index (κ2) is 6.28. The van der Waals surface area contributed by atoms with Crippen molar-refractivity contribution in [1.82, 2.24) is 0 Å². The molecule has 1 aromatic rings. The summed E-state index contributed by atoms with van der Waals surface area (Å²) in [5.41, 5.74) is 1.04. The molecule has 1 rings (SSSR count). The fourth-order valence-corrected chi connectivity index (χ4v) is 1.60. The standard InChI is InChI=1S/C14H20O3/c1-10(2)13(15)8-6-11-5-7-12(16-3)9-14(11)17-4/h5,7,9-10H,6,8H2,1-4H3. The number of carbonyl (C=O) groups is 1. The van der Waals surface area contributed by atoms with Gasteiger partial charge in [0, 0.05) is 18.4 Å². The molecular weight excluding hydrogens is 216 g/mol. The first-order chi connectivity index (χ1) is 8.08. The number of rotatable bonds is 6. The maximum Gasteiger partial charge on any atom is 0.135 e. The van der Waals surface area contributed by atoms with Crippen LogP contribution in [0.3, 0.4) is 0 Å². The summed E-state index contributed by atoms with van der Waals surface area (Å²) in [5, 5.41) is 0. The molecule has 0 aliphatic rings. The summed E-state index contributed by atoms with van der Waals surface area (Å²) >= 11 is 0. The smallest absolute Gasteiger partial charge is 0.135 e. The van der Waals surface area contributed by atoms with Gasteiger partial charge in [-0.1, -0.05) is 19.9 Å². The summed E-state index contributed by atoms with van der Waals surface area (Å²) in [6.45, 7) is 3.85. The van der Waals surface area contributed by atoms with Gasteiger partial charge in [0.15, 0.2) is 0 Å². The number of aryl methyl sites for hydroxylation is 1. The molecule has 3 heteroatoms.